The van der Waals surface area contributed by atoms with Gasteiger partial charge in [0.1, 0.15) is 6.07 Å². The zero-order valence-corrected chi connectivity index (χ0v) is 11.1. The lowest BCUT2D eigenvalue weighted by atomic mass is 10.2. The number of nitriles is 2. The van der Waals surface area contributed by atoms with E-state index in [1.54, 1.807) is 6.92 Å². The van der Waals surface area contributed by atoms with Crippen molar-refractivity contribution in [2.75, 3.05) is 0 Å². The molecule has 0 aliphatic carbocycles. The molecule has 7 heteroatoms. The summed E-state index contributed by atoms with van der Waals surface area (Å²) in [4.78, 5) is -0.0312. The maximum Gasteiger partial charge on any atom is 0.240 e. The maximum atomic E-state index is 11.9. The molecule has 94 valence electrons. The summed E-state index contributed by atoms with van der Waals surface area (Å²) in [5.74, 6) is 0. The maximum absolute atomic E-state index is 11.9. The molecule has 5 nitrogen and oxygen atoms in total. The van der Waals surface area contributed by atoms with Crippen molar-refractivity contribution in [3.8, 4) is 12.1 Å². The van der Waals surface area contributed by atoms with E-state index in [0.717, 1.165) is 0 Å². The molecule has 0 heterocycles. The van der Waals surface area contributed by atoms with Crippen LogP contribution in [0, 0.1) is 22.7 Å². The molecule has 0 fully saturated rings. The van der Waals surface area contributed by atoms with E-state index in [1.807, 2.05) is 12.1 Å². The Morgan fingerprint density at radius 3 is 2.61 bits per heavy atom. The van der Waals surface area contributed by atoms with E-state index in [-0.39, 0.29) is 21.9 Å². The van der Waals surface area contributed by atoms with E-state index in [9.17, 15) is 8.42 Å². The van der Waals surface area contributed by atoms with Gasteiger partial charge in [-0.3, -0.25) is 0 Å². The summed E-state index contributed by atoms with van der Waals surface area (Å²) in [6.07, 6.45) is 0.0727. The monoisotopic (exact) mass is 283 g/mol. The highest BCUT2D eigenvalue weighted by Gasteiger charge is 2.18. The topological polar surface area (TPSA) is 93.8 Å². The van der Waals surface area contributed by atoms with E-state index in [2.05, 4.69) is 4.72 Å². The van der Waals surface area contributed by atoms with Gasteiger partial charge in [0.05, 0.1) is 28.0 Å². The van der Waals surface area contributed by atoms with Gasteiger partial charge in [-0.15, -0.1) is 0 Å². The second kappa shape index (κ2) is 5.83. The smallest absolute Gasteiger partial charge is 0.207 e. The van der Waals surface area contributed by atoms with Gasteiger partial charge in [-0.1, -0.05) is 11.6 Å². The van der Waals surface area contributed by atoms with Gasteiger partial charge in [0.15, 0.2) is 0 Å². The Hall–Kier alpha value is -1.60. The van der Waals surface area contributed by atoms with Crippen LogP contribution in [-0.2, 0) is 10.0 Å². The Balaban J connectivity index is 3.04. The van der Waals surface area contributed by atoms with Crippen LogP contribution in [-0.4, -0.2) is 14.5 Å². The van der Waals surface area contributed by atoms with Crippen LogP contribution in [0.25, 0.3) is 0 Å². The third kappa shape index (κ3) is 3.44. The Kier molecular flexibility index (Phi) is 4.69. The number of benzene rings is 1. The van der Waals surface area contributed by atoms with Gasteiger partial charge < -0.3 is 0 Å². The molecule has 1 unspecified atom stereocenters. The fraction of sp³-hybridized carbons (Fsp3) is 0.273. The second-order valence-corrected chi connectivity index (χ2v) is 5.76. The molecule has 1 atom stereocenters. The van der Waals surface area contributed by atoms with E-state index < -0.39 is 16.1 Å². The van der Waals surface area contributed by atoms with Gasteiger partial charge in [-0.2, -0.15) is 10.5 Å². The minimum absolute atomic E-state index is 0.0312. The summed E-state index contributed by atoms with van der Waals surface area (Å²) in [6, 6.07) is 7.08. The first kappa shape index (κ1) is 14.5. The van der Waals surface area contributed by atoms with Gasteiger partial charge >= 0.3 is 0 Å². The average molecular weight is 284 g/mol. The summed E-state index contributed by atoms with van der Waals surface area (Å²) in [5.41, 5.74) is 0.209. The summed E-state index contributed by atoms with van der Waals surface area (Å²) < 4.78 is 26.2. The lowest BCUT2D eigenvalue weighted by molar-refractivity contribution is 0.563. The Morgan fingerprint density at radius 1 is 1.44 bits per heavy atom. The highest BCUT2D eigenvalue weighted by molar-refractivity contribution is 7.89. The molecular weight excluding hydrogens is 274 g/mol. The molecule has 0 spiro atoms. The Morgan fingerprint density at radius 2 is 2.11 bits per heavy atom. The lowest BCUT2D eigenvalue weighted by Crippen LogP contribution is -2.32. The van der Waals surface area contributed by atoms with E-state index >= 15 is 0 Å². The highest BCUT2D eigenvalue weighted by atomic mass is 35.5. The summed E-state index contributed by atoms with van der Waals surface area (Å²) in [5, 5.41) is 17.2. The number of sulfonamides is 1. The van der Waals surface area contributed by atoms with Crippen molar-refractivity contribution in [3.05, 3.63) is 28.8 Å². The molecule has 0 aliphatic rings. The lowest BCUT2D eigenvalue weighted by Gasteiger charge is -2.11. The number of nitrogens with zero attached hydrogens (tertiary/aromatic N) is 2. The SMILES string of the molecule is CC(CC#N)NS(=O)(=O)c1ccc(C#N)c(Cl)c1. The van der Waals surface area contributed by atoms with Crippen molar-refractivity contribution in [2.45, 2.75) is 24.3 Å². The largest absolute Gasteiger partial charge is 0.240 e. The van der Waals surface area contributed by atoms with E-state index in [1.165, 1.54) is 18.2 Å². The first-order valence-electron chi connectivity index (χ1n) is 4.99. The van der Waals surface area contributed by atoms with Crippen molar-refractivity contribution < 1.29 is 8.42 Å². The number of hydrogen-bond donors (Lipinski definition) is 1. The van der Waals surface area contributed by atoms with Crippen molar-refractivity contribution in [2.24, 2.45) is 0 Å². The molecule has 0 amide bonds. The zero-order chi connectivity index (χ0) is 13.8. The van der Waals surface area contributed by atoms with Crippen LogP contribution >= 0.6 is 11.6 Å². The van der Waals surface area contributed by atoms with Gasteiger partial charge in [-0.25, -0.2) is 13.1 Å². The first-order chi connectivity index (χ1) is 8.40. The third-order valence-corrected chi connectivity index (χ3v) is 4.03. The number of rotatable bonds is 4. The Bertz CT molecular complexity index is 629. The summed E-state index contributed by atoms with van der Waals surface area (Å²) in [6.45, 7) is 1.59. The molecule has 0 aromatic heterocycles. The fourth-order valence-electron chi connectivity index (χ4n) is 1.27. The second-order valence-electron chi connectivity index (χ2n) is 3.64. The Labute approximate surface area is 111 Å². The molecule has 1 aromatic rings. The third-order valence-electron chi connectivity index (χ3n) is 2.13. The number of halogens is 1. The number of hydrogen-bond acceptors (Lipinski definition) is 4. The van der Waals surface area contributed by atoms with Crippen molar-refractivity contribution >= 4 is 21.6 Å². The molecule has 1 aromatic carbocycles. The van der Waals surface area contributed by atoms with Gasteiger partial charge in [-0.05, 0) is 25.1 Å². The van der Waals surface area contributed by atoms with E-state index in [0.29, 0.717) is 0 Å². The summed E-state index contributed by atoms with van der Waals surface area (Å²) in [7, 11) is -3.72. The van der Waals surface area contributed by atoms with Crippen LogP contribution < -0.4 is 4.72 Å². The fourth-order valence-corrected chi connectivity index (χ4v) is 2.82. The normalized spacial score (nSPS) is 12.4. The minimum atomic E-state index is -3.72. The van der Waals surface area contributed by atoms with Crippen LogP contribution in [0.3, 0.4) is 0 Å². The van der Waals surface area contributed by atoms with Crippen molar-refractivity contribution in [1.82, 2.24) is 4.72 Å². The van der Waals surface area contributed by atoms with Gasteiger partial charge in [0.2, 0.25) is 10.0 Å². The molecule has 1 rings (SSSR count). The predicted molar refractivity (Wildman–Crippen MR) is 66.2 cm³/mol. The van der Waals surface area contributed by atoms with Crippen LogP contribution in [0.5, 0.6) is 0 Å². The molecular formula is C11H10ClN3O2S. The standard InChI is InChI=1S/C11H10ClN3O2S/c1-8(4-5-13)15-18(16,17)10-3-2-9(7-14)11(12)6-10/h2-3,6,8,15H,4H2,1H3. The zero-order valence-electron chi connectivity index (χ0n) is 9.51. The molecule has 18 heavy (non-hydrogen) atoms. The first-order valence-corrected chi connectivity index (χ1v) is 6.85. The van der Waals surface area contributed by atoms with Crippen LogP contribution in [0.15, 0.2) is 23.1 Å². The van der Waals surface area contributed by atoms with Gasteiger partial charge in [0.25, 0.3) is 0 Å². The van der Waals surface area contributed by atoms with Gasteiger partial charge in [0, 0.05) is 6.04 Å². The minimum Gasteiger partial charge on any atom is -0.207 e. The van der Waals surface area contributed by atoms with Crippen LogP contribution in [0.2, 0.25) is 5.02 Å². The number of nitrogens with one attached hydrogen (secondary N) is 1. The average Bonchev–Trinajstić information content (AvgIpc) is 2.28. The molecule has 1 N–H and O–H groups in total. The molecule has 0 bridgehead atoms. The molecule has 0 radical (unpaired) electrons. The van der Waals surface area contributed by atoms with Crippen molar-refractivity contribution in [3.63, 3.8) is 0 Å². The molecule has 0 saturated carbocycles. The quantitative estimate of drug-likeness (QED) is 0.911. The van der Waals surface area contributed by atoms with Crippen LogP contribution in [0.1, 0.15) is 18.9 Å². The van der Waals surface area contributed by atoms with Crippen LogP contribution in [0.4, 0.5) is 0 Å². The highest BCUT2D eigenvalue weighted by Crippen LogP contribution is 2.20. The molecule has 0 saturated heterocycles. The summed E-state index contributed by atoms with van der Waals surface area (Å²) >= 11 is 5.77. The molecule has 0 aliphatic heterocycles. The van der Waals surface area contributed by atoms with Crippen molar-refractivity contribution in [1.29, 1.82) is 10.5 Å². The van der Waals surface area contributed by atoms with E-state index in [4.69, 9.17) is 22.1 Å². The predicted octanol–water partition coefficient (Wildman–Crippen LogP) is 1.79.